The van der Waals surface area contributed by atoms with E-state index < -0.39 is 24.2 Å². The molecule has 2 aliphatic heterocycles. The van der Waals surface area contributed by atoms with E-state index in [2.05, 4.69) is 0 Å². The molecule has 24 heavy (non-hydrogen) atoms. The molecule has 1 aromatic rings. The highest BCUT2D eigenvalue weighted by Crippen LogP contribution is 2.32. The smallest absolute Gasteiger partial charge is 0.238 e. The summed E-state index contributed by atoms with van der Waals surface area (Å²) in [6.45, 7) is 1.17. The molecular formula is C16H22F2N2O3S. The van der Waals surface area contributed by atoms with E-state index in [-0.39, 0.29) is 24.5 Å². The summed E-state index contributed by atoms with van der Waals surface area (Å²) in [5.74, 6) is 0.714. The molecule has 5 nitrogen and oxygen atoms in total. The molecule has 134 valence electrons. The first-order valence-corrected chi connectivity index (χ1v) is 9.28. The summed E-state index contributed by atoms with van der Waals surface area (Å²) in [7, 11) is 0. The van der Waals surface area contributed by atoms with Crippen molar-refractivity contribution in [3.05, 3.63) is 23.8 Å². The van der Waals surface area contributed by atoms with Crippen LogP contribution in [-0.4, -0.2) is 60.5 Å². The summed E-state index contributed by atoms with van der Waals surface area (Å²) >= 11 is 1.87. The summed E-state index contributed by atoms with van der Waals surface area (Å²) in [5, 5.41) is 18.9. The molecule has 1 aromatic carbocycles. The maximum atomic E-state index is 14.6. The predicted molar refractivity (Wildman–Crippen MR) is 90.4 cm³/mol. The van der Waals surface area contributed by atoms with E-state index in [9.17, 15) is 13.9 Å². The highest BCUT2D eigenvalue weighted by molar-refractivity contribution is 7.99. The maximum absolute atomic E-state index is 14.6. The van der Waals surface area contributed by atoms with Gasteiger partial charge in [-0.3, -0.25) is 0 Å². The standard InChI is InChI=1S/C16H22F2N2O3S/c17-13-7-11(20-9-12(10-21)23-16(20)22)8-14(18)15(13)19-3-1-5-24-6-2-4-19/h7-8,12,16,21-22H,1-6,9-10H2. The summed E-state index contributed by atoms with van der Waals surface area (Å²) < 4.78 is 34.3. The van der Waals surface area contributed by atoms with Gasteiger partial charge in [0.25, 0.3) is 0 Å². The quantitative estimate of drug-likeness (QED) is 0.857. The average molecular weight is 360 g/mol. The topological polar surface area (TPSA) is 56.2 Å². The Hall–Kier alpha value is -1.09. The third-order valence-electron chi connectivity index (χ3n) is 4.27. The van der Waals surface area contributed by atoms with Crippen LogP contribution in [0.3, 0.4) is 0 Å². The van der Waals surface area contributed by atoms with Gasteiger partial charge in [0.2, 0.25) is 6.41 Å². The molecule has 2 saturated heterocycles. The molecule has 0 amide bonds. The summed E-state index contributed by atoms with van der Waals surface area (Å²) in [5.41, 5.74) is 0.207. The van der Waals surface area contributed by atoms with Gasteiger partial charge in [0.1, 0.15) is 11.8 Å². The van der Waals surface area contributed by atoms with Crippen molar-refractivity contribution >= 4 is 23.1 Å². The second-order valence-electron chi connectivity index (χ2n) is 5.98. The van der Waals surface area contributed by atoms with Crippen molar-refractivity contribution in [2.24, 2.45) is 0 Å². The van der Waals surface area contributed by atoms with Crippen LogP contribution in [0.25, 0.3) is 0 Å². The number of rotatable bonds is 3. The Morgan fingerprint density at radius 3 is 2.33 bits per heavy atom. The van der Waals surface area contributed by atoms with Crippen molar-refractivity contribution in [3.63, 3.8) is 0 Å². The average Bonchev–Trinajstić information content (AvgIpc) is 2.89. The highest BCUT2D eigenvalue weighted by Gasteiger charge is 2.32. The van der Waals surface area contributed by atoms with E-state index >= 15 is 0 Å². The lowest BCUT2D eigenvalue weighted by Crippen LogP contribution is -2.32. The summed E-state index contributed by atoms with van der Waals surface area (Å²) in [6.07, 6.45) is -0.104. The Balaban J connectivity index is 1.83. The van der Waals surface area contributed by atoms with E-state index in [0.29, 0.717) is 13.1 Å². The van der Waals surface area contributed by atoms with Crippen LogP contribution in [0.1, 0.15) is 12.8 Å². The first-order chi connectivity index (χ1) is 11.6. The van der Waals surface area contributed by atoms with Crippen LogP contribution < -0.4 is 9.80 Å². The largest absolute Gasteiger partial charge is 0.394 e. The van der Waals surface area contributed by atoms with Crippen LogP contribution >= 0.6 is 11.8 Å². The molecule has 2 aliphatic rings. The van der Waals surface area contributed by atoms with Gasteiger partial charge in [-0.2, -0.15) is 11.8 Å². The van der Waals surface area contributed by atoms with Gasteiger partial charge in [0.15, 0.2) is 11.6 Å². The molecule has 8 heteroatoms. The molecule has 0 radical (unpaired) electrons. The molecule has 0 aliphatic carbocycles. The molecule has 3 rings (SSSR count). The minimum atomic E-state index is -1.31. The van der Waals surface area contributed by atoms with Crippen molar-refractivity contribution in [1.82, 2.24) is 0 Å². The lowest BCUT2D eigenvalue weighted by atomic mass is 10.2. The fourth-order valence-electron chi connectivity index (χ4n) is 3.10. The van der Waals surface area contributed by atoms with Crippen LogP contribution in [0.2, 0.25) is 0 Å². The van der Waals surface area contributed by atoms with Crippen LogP contribution in [-0.2, 0) is 4.74 Å². The molecule has 2 N–H and O–H groups in total. The Bertz CT molecular complexity index is 547. The molecule has 2 fully saturated rings. The molecule has 0 bridgehead atoms. The number of aliphatic hydroxyl groups excluding tert-OH is 2. The van der Waals surface area contributed by atoms with Gasteiger partial charge in [0.05, 0.1) is 13.2 Å². The Morgan fingerprint density at radius 1 is 1.17 bits per heavy atom. The Labute approximate surface area is 144 Å². The van der Waals surface area contributed by atoms with Crippen molar-refractivity contribution in [2.45, 2.75) is 25.4 Å². The van der Waals surface area contributed by atoms with Crippen LogP contribution in [0.15, 0.2) is 12.1 Å². The monoisotopic (exact) mass is 360 g/mol. The maximum Gasteiger partial charge on any atom is 0.238 e. The highest BCUT2D eigenvalue weighted by atomic mass is 32.2. The summed E-state index contributed by atoms with van der Waals surface area (Å²) in [4.78, 5) is 3.10. The lowest BCUT2D eigenvalue weighted by Gasteiger charge is -2.28. The Morgan fingerprint density at radius 2 is 1.79 bits per heavy atom. The van der Waals surface area contributed by atoms with Crippen LogP contribution in [0.4, 0.5) is 20.2 Å². The van der Waals surface area contributed by atoms with Gasteiger partial charge >= 0.3 is 0 Å². The third kappa shape index (κ3) is 3.77. The van der Waals surface area contributed by atoms with Crippen molar-refractivity contribution in [2.75, 3.05) is 47.5 Å². The van der Waals surface area contributed by atoms with Crippen molar-refractivity contribution in [3.8, 4) is 0 Å². The number of hydrogen-bond donors (Lipinski definition) is 2. The molecule has 2 heterocycles. The zero-order valence-corrected chi connectivity index (χ0v) is 14.1. The molecule has 0 aromatic heterocycles. The number of benzene rings is 1. The second-order valence-corrected chi connectivity index (χ2v) is 7.21. The van der Waals surface area contributed by atoms with Crippen molar-refractivity contribution < 1.29 is 23.7 Å². The number of ether oxygens (including phenoxy) is 1. The van der Waals surface area contributed by atoms with E-state index in [4.69, 9.17) is 9.84 Å². The van der Waals surface area contributed by atoms with Gasteiger partial charge in [-0.15, -0.1) is 0 Å². The normalized spacial score (nSPS) is 25.7. The Kier molecular flexibility index (Phi) is 5.80. The number of aliphatic hydroxyl groups is 2. The van der Waals surface area contributed by atoms with E-state index in [1.54, 1.807) is 4.90 Å². The second kappa shape index (κ2) is 7.86. The molecule has 2 unspecified atom stereocenters. The van der Waals surface area contributed by atoms with Crippen LogP contribution in [0.5, 0.6) is 0 Å². The number of anilines is 2. The minimum absolute atomic E-state index is 0.000960. The number of nitrogens with zero attached hydrogens (tertiary/aromatic N) is 2. The SMILES string of the molecule is OCC1CN(c2cc(F)c(N3CCCSCCC3)c(F)c2)C(O)O1. The third-order valence-corrected chi connectivity index (χ3v) is 5.42. The molecule has 2 atom stereocenters. The minimum Gasteiger partial charge on any atom is -0.394 e. The summed E-state index contributed by atoms with van der Waals surface area (Å²) in [6, 6.07) is 2.44. The number of halogens is 2. The van der Waals surface area contributed by atoms with Gasteiger partial charge in [0, 0.05) is 18.8 Å². The fraction of sp³-hybridized carbons (Fsp3) is 0.625. The zero-order chi connectivity index (χ0) is 17.1. The number of hydrogen-bond acceptors (Lipinski definition) is 6. The van der Waals surface area contributed by atoms with Gasteiger partial charge in [-0.25, -0.2) is 8.78 Å². The van der Waals surface area contributed by atoms with Gasteiger partial charge in [-0.1, -0.05) is 0 Å². The fourth-order valence-corrected chi connectivity index (χ4v) is 3.97. The first-order valence-electron chi connectivity index (χ1n) is 8.13. The van der Waals surface area contributed by atoms with E-state index in [1.807, 2.05) is 11.8 Å². The predicted octanol–water partition coefficient (Wildman–Crippen LogP) is 1.77. The van der Waals surface area contributed by atoms with E-state index in [0.717, 1.165) is 24.3 Å². The van der Waals surface area contributed by atoms with Crippen LogP contribution in [0, 0.1) is 11.6 Å². The molecule has 0 saturated carbocycles. The lowest BCUT2D eigenvalue weighted by molar-refractivity contribution is -0.0989. The zero-order valence-electron chi connectivity index (χ0n) is 13.3. The first kappa shape index (κ1) is 17.7. The number of thioether (sulfide) groups is 1. The van der Waals surface area contributed by atoms with Gasteiger partial charge in [-0.05, 0) is 36.5 Å². The molecular weight excluding hydrogens is 338 g/mol. The molecule has 0 spiro atoms. The van der Waals surface area contributed by atoms with E-state index in [1.165, 1.54) is 17.0 Å². The van der Waals surface area contributed by atoms with Gasteiger partial charge < -0.3 is 24.7 Å². The van der Waals surface area contributed by atoms with Crippen molar-refractivity contribution in [1.29, 1.82) is 0 Å².